The van der Waals surface area contributed by atoms with Crippen molar-refractivity contribution in [1.29, 1.82) is 0 Å². The second-order valence-corrected chi connectivity index (χ2v) is 9.32. The Morgan fingerprint density at radius 1 is 1.06 bits per heavy atom. The van der Waals surface area contributed by atoms with Crippen LogP contribution in [0.5, 0.6) is 0 Å². The Labute approximate surface area is 183 Å². The number of hydrazine groups is 1. The highest BCUT2D eigenvalue weighted by Crippen LogP contribution is 2.42. The molecule has 1 aliphatic rings. The summed E-state index contributed by atoms with van der Waals surface area (Å²) >= 11 is 0. The first-order chi connectivity index (χ1) is 14.6. The second-order valence-electron chi connectivity index (χ2n) is 9.32. The van der Waals surface area contributed by atoms with Crippen LogP contribution in [0.1, 0.15) is 76.5 Å². The number of rotatable bonds is 9. The van der Waals surface area contributed by atoms with Gasteiger partial charge in [-0.05, 0) is 48.6 Å². The summed E-state index contributed by atoms with van der Waals surface area (Å²) in [6.07, 6.45) is 3.69. The first kappa shape index (κ1) is 23.6. The van der Waals surface area contributed by atoms with Crippen LogP contribution in [0.2, 0.25) is 0 Å². The molecule has 0 spiro atoms. The van der Waals surface area contributed by atoms with Gasteiger partial charge in [-0.3, -0.25) is 10.2 Å². The molecule has 1 N–H and O–H groups in total. The summed E-state index contributed by atoms with van der Waals surface area (Å²) in [5, 5.41) is 2.43. The van der Waals surface area contributed by atoms with E-state index < -0.39 is 17.6 Å². The first-order valence-corrected chi connectivity index (χ1v) is 11.3. The minimum atomic E-state index is -4.51. The average Bonchev–Trinajstić information content (AvgIpc) is 2.95. The van der Waals surface area contributed by atoms with Gasteiger partial charge in [-0.2, -0.15) is 13.2 Å². The standard InChI is InChI=1S/C25H33F3N2O/c1-4-5-6-7-8-9-11-18-14-15-20-19(16-18)12-10-13-21(20)22(25(26,27)28)30-17-24(2,3)23(31)29-30/h10,12-16,22H,4-9,11,17H2,1-3H3,(H,29,31). The summed E-state index contributed by atoms with van der Waals surface area (Å²) in [6.45, 7) is 5.52. The Morgan fingerprint density at radius 3 is 2.42 bits per heavy atom. The van der Waals surface area contributed by atoms with Gasteiger partial charge in [-0.25, -0.2) is 5.01 Å². The molecule has 1 atom stereocenters. The highest BCUT2D eigenvalue weighted by Gasteiger charge is 2.51. The Balaban J connectivity index is 1.83. The van der Waals surface area contributed by atoms with E-state index in [2.05, 4.69) is 12.3 Å². The third-order valence-corrected chi connectivity index (χ3v) is 6.14. The van der Waals surface area contributed by atoms with E-state index in [1.807, 2.05) is 18.2 Å². The lowest BCUT2D eigenvalue weighted by Crippen LogP contribution is -2.43. The summed E-state index contributed by atoms with van der Waals surface area (Å²) in [4.78, 5) is 12.1. The molecule has 1 unspecified atom stereocenters. The van der Waals surface area contributed by atoms with Gasteiger partial charge in [-0.1, -0.05) is 75.4 Å². The zero-order valence-corrected chi connectivity index (χ0v) is 18.7. The first-order valence-electron chi connectivity index (χ1n) is 11.3. The van der Waals surface area contributed by atoms with Crippen LogP contribution in [0, 0.1) is 5.41 Å². The van der Waals surface area contributed by atoms with Crippen molar-refractivity contribution >= 4 is 16.7 Å². The third kappa shape index (κ3) is 5.59. The van der Waals surface area contributed by atoms with E-state index in [1.54, 1.807) is 26.0 Å². The van der Waals surface area contributed by atoms with Crippen LogP contribution in [-0.2, 0) is 11.2 Å². The normalized spacial score (nSPS) is 17.8. The maximum atomic E-state index is 14.1. The van der Waals surface area contributed by atoms with E-state index >= 15 is 0 Å². The molecule has 6 heteroatoms. The monoisotopic (exact) mass is 434 g/mol. The van der Waals surface area contributed by atoms with Gasteiger partial charge < -0.3 is 0 Å². The van der Waals surface area contributed by atoms with Crippen molar-refractivity contribution in [3.05, 3.63) is 47.5 Å². The molecule has 1 aliphatic heterocycles. The zero-order chi connectivity index (χ0) is 22.6. The van der Waals surface area contributed by atoms with Crippen LogP contribution >= 0.6 is 0 Å². The number of aryl methyl sites for hydroxylation is 1. The van der Waals surface area contributed by atoms with Crippen molar-refractivity contribution in [1.82, 2.24) is 10.4 Å². The SMILES string of the molecule is CCCCCCCCc1ccc2c(C(N3CC(C)(C)C(=O)N3)C(F)(F)F)cccc2c1. The number of hydrogen-bond donors (Lipinski definition) is 1. The lowest BCUT2D eigenvalue weighted by Gasteiger charge is -2.30. The van der Waals surface area contributed by atoms with Gasteiger partial charge in [0.1, 0.15) is 0 Å². The number of hydrogen-bond acceptors (Lipinski definition) is 2. The van der Waals surface area contributed by atoms with Crippen LogP contribution in [-0.4, -0.2) is 23.6 Å². The van der Waals surface area contributed by atoms with Crippen molar-refractivity contribution in [2.45, 2.75) is 77.9 Å². The number of nitrogens with zero attached hydrogens (tertiary/aromatic N) is 1. The highest BCUT2D eigenvalue weighted by molar-refractivity contribution is 5.87. The number of unbranched alkanes of at least 4 members (excludes halogenated alkanes) is 5. The summed E-state index contributed by atoms with van der Waals surface area (Å²) in [7, 11) is 0. The van der Waals surface area contributed by atoms with Crippen molar-refractivity contribution < 1.29 is 18.0 Å². The van der Waals surface area contributed by atoms with Crippen LogP contribution in [0.15, 0.2) is 36.4 Å². The van der Waals surface area contributed by atoms with Crippen molar-refractivity contribution in [3.63, 3.8) is 0 Å². The molecule has 2 aromatic carbocycles. The predicted molar refractivity (Wildman–Crippen MR) is 118 cm³/mol. The fourth-order valence-electron chi connectivity index (χ4n) is 4.36. The second kappa shape index (κ2) is 9.60. The van der Waals surface area contributed by atoms with E-state index in [-0.39, 0.29) is 18.0 Å². The summed E-state index contributed by atoms with van der Waals surface area (Å²) in [5.41, 5.74) is 2.91. The molecule has 2 aromatic rings. The minimum absolute atomic E-state index is 0.00249. The summed E-state index contributed by atoms with van der Waals surface area (Å²) in [6, 6.07) is 8.93. The van der Waals surface area contributed by atoms with Gasteiger partial charge in [0.05, 0.1) is 5.41 Å². The molecule has 3 rings (SSSR count). The average molecular weight is 435 g/mol. The number of amides is 1. The van der Waals surface area contributed by atoms with Gasteiger partial charge in [0.15, 0.2) is 6.04 Å². The Hall–Kier alpha value is -2.08. The van der Waals surface area contributed by atoms with Crippen LogP contribution in [0.4, 0.5) is 13.2 Å². The largest absolute Gasteiger partial charge is 0.409 e. The molecular formula is C25H33F3N2O. The topological polar surface area (TPSA) is 32.3 Å². The van der Waals surface area contributed by atoms with E-state index in [9.17, 15) is 18.0 Å². The number of fused-ring (bicyclic) bond motifs is 1. The van der Waals surface area contributed by atoms with Crippen LogP contribution in [0.3, 0.4) is 0 Å². The molecule has 1 heterocycles. The van der Waals surface area contributed by atoms with Gasteiger partial charge in [0.2, 0.25) is 5.91 Å². The van der Waals surface area contributed by atoms with E-state index in [4.69, 9.17) is 0 Å². The molecule has 0 aromatic heterocycles. The zero-order valence-electron chi connectivity index (χ0n) is 18.7. The Morgan fingerprint density at radius 2 is 1.77 bits per heavy atom. The number of carbonyl (C=O) groups is 1. The fraction of sp³-hybridized carbons (Fsp3) is 0.560. The Kier molecular flexibility index (Phi) is 7.30. The lowest BCUT2D eigenvalue weighted by atomic mass is 9.92. The van der Waals surface area contributed by atoms with Crippen molar-refractivity contribution in [3.8, 4) is 0 Å². The molecule has 0 saturated carbocycles. The third-order valence-electron chi connectivity index (χ3n) is 6.14. The lowest BCUT2D eigenvalue weighted by molar-refractivity contribution is -0.191. The minimum Gasteiger partial charge on any atom is -0.287 e. The van der Waals surface area contributed by atoms with E-state index in [0.29, 0.717) is 5.39 Å². The fourth-order valence-corrected chi connectivity index (χ4v) is 4.36. The molecule has 0 radical (unpaired) electrons. The predicted octanol–water partition coefficient (Wildman–Crippen LogP) is 6.72. The van der Waals surface area contributed by atoms with E-state index in [0.717, 1.165) is 28.8 Å². The van der Waals surface area contributed by atoms with Crippen LogP contribution < -0.4 is 5.43 Å². The van der Waals surface area contributed by atoms with Gasteiger partial charge in [0, 0.05) is 6.54 Å². The van der Waals surface area contributed by atoms with Gasteiger partial charge >= 0.3 is 6.18 Å². The quantitative estimate of drug-likeness (QED) is 0.444. The molecule has 31 heavy (non-hydrogen) atoms. The Bertz CT molecular complexity index is 907. The molecule has 1 fully saturated rings. The number of halogens is 3. The van der Waals surface area contributed by atoms with Crippen molar-refractivity contribution in [2.75, 3.05) is 6.54 Å². The molecule has 1 saturated heterocycles. The number of alkyl halides is 3. The summed E-state index contributed by atoms with van der Waals surface area (Å²) < 4.78 is 42.4. The molecule has 1 amide bonds. The highest BCUT2D eigenvalue weighted by atomic mass is 19.4. The molecule has 3 nitrogen and oxygen atoms in total. The smallest absolute Gasteiger partial charge is 0.287 e. The molecular weight excluding hydrogens is 401 g/mol. The van der Waals surface area contributed by atoms with E-state index in [1.165, 1.54) is 38.2 Å². The summed E-state index contributed by atoms with van der Waals surface area (Å²) in [5.74, 6) is -0.386. The number of carbonyl (C=O) groups excluding carboxylic acids is 1. The number of benzene rings is 2. The van der Waals surface area contributed by atoms with Crippen molar-refractivity contribution in [2.24, 2.45) is 5.41 Å². The maximum Gasteiger partial charge on any atom is 0.409 e. The van der Waals surface area contributed by atoms with Gasteiger partial charge in [0.25, 0.3) is 0 Å². The maximum absolute atomic E-state index is 14.1. The molecule has 0 bridgehead atoms. The van der Waals surface area contributed by atoms with Gasteiger partial charge in [-0.15, -0.1) is 0 Å². The molecule has 0 aliphatic carbocycles. The van der Waals surface area contributed by atoms with Crippen LogP contribution in [0.25, 0.3) is 10.8 Å². The molecule has 170 valence electrons. The number of nitrogens with one attached hydrogen (secondary N) is 1.